The number of carbonyl (C=O) groups is 2. The van der Waals surface area contributed by atoms with Crippen LogP contribution in [0.15, 0.2) is 77.2 Å². The normalized spacial score (nSPS) is 10.8. The molecule has 0 saturated carbocycles. The first-order valence-electron chi connectivity index (χ1n) is 9.09. The highest BCUT2D eigenvalue weighted by Crippen LogP contribution is 2.43. The number of carbonyl (C=O) groups excluding carboxylic acids is 1. The van der Waals surface area contributed by atoms with Gasteiger partial charge in [-0.3, -0.25) is 4.79 Å². The van der Waals surface area contributed by atoms with Gasteiger partial charge in [-0.25, -0.2) is 4.79 Å². The van der Waals surface area contributed by atoms with E-state index < -0.39 is 11.8 Å². The fourth-order valence-corrected chi connectivity index (χ4v) is 3.43. The minimum Gasteiger partial charge on any atom is -0.496 e. The number of ketones is 1. The van der Waals surface area contributed by atoms with Crippen molar-refractivity contribution in [2.45, 2.75) is 6.42 Å². The second kappa shape index (κ2) is 7.64. The quantitative estimate of drug-likeness (QED) is 0.473. The molecule has 29 heavy (non-hydrogen) atoms. The van der Waals surface area contributed by atoms with Crippen molar-refractivity contribution in [1.82, 2.24) is 0 Å². The lowest BCUT2D eigenvalue weighted by Crippen LogP contribution is -2.15. The molecule has 0 atom stereocenters. The largest absolute Gasteiger partial charge is 0.496 e. The van der Waals surface area contributed by atoms with Crippen molar-refractivity contribution in [3.05, 3.63) is 78.4 Å². The van der Waals surface area contributed by atoms with Crippen LogP contribution < -0.4 is 4.74 Å². The van der Waals surface area contributed by atoms with Gasteiger partial charge in [-0.05, 0) is 17.7 Å². The van der Waals surface area contributed by atoms with Crippen LogP contribution in [0, 0.1) is 0 Å². The average Bonchev–Trinajstić information content (AvgIpc) is 3.12. The lowest BCUT2D eigenvalue weighted by molar-refractivity contribution is -0.148. The zero-order chi connectivity index (χ0) is 20.4. The summed E-state index contributed by atoms with van der Waals surface area (Å²) in [6.45, 7) is 0. The highest BCUT2D eigenvalue weighted by atomic mass is 16.5. The van der Waals surface area contributed by atoms with Gasteiger partial charge in [0.25, 0.3) is 0 Å². The highest BCUT2D eigenvalue weighted by molar-refractivity contribution is 6.33. The summed E-state index contributed by atoms with van der Waals surface area (Å²) in [5.74, 6) is -1.22. The van der Waals surface area contributed by atoms with E-state index >= 15 is 0 Å². The van der Waals surface area contributed by atoms with E-state index in [9.17, 15) is 9.59 Å². The number of rotatable bonds is 6. The number of methoxy groups -OCH3 is 1. The Morgan fingerprint density at radius 3 is 2.14 bits per heavy atom. The molecule has 4 rings (SSSR count). The van der Waals surface area contributed by atoms with Crippen molar-refractivity contribution in [3.8, 4) is 28.2 Å². The predicted octanol–water partition coefficient (Wildman–Crippen LogP) is 4.97. The first kappa shape index (κ1) is 18.5. The lowest BCUT2D eigenvalue weighted by Gasteiger charge is -2.08. The number of carboxylic acids is 1. The minimum atomic E-state index is -1.47. The molecule has 1 N–H and O–H groups in total. The molecule has 1 heterocycles. The monoisotopic (exact) mass is 386 g/mol. The highest BCUT2D eigenvalue weighted by Gasteiger charge is 2.22. The third kappa shape index (κ3) is 3.50. The maximum atomic E-state index is 11.7. The second-order valence-electron chi connectivity index (χ2n) is 6.60. The van der Waals surface area contributed by atoms with Crippen LogP contribution in [0.1, 0.15) is 5.56 Å². The first-order valence-corrected chi connectivity index (χ1v) is 9.09. The third-order valence-electron chi connectivity index (χ3n) is 4.78. The molecule has 5 nitrogen and oxygen atoms in total. The molecule has 0 radical (unpaired) electrons. The van der Waals surface area contributed by atoms with Gasteiger partial charge in [-0.2, -0.15) is 0 Å². The summed E-state index contributed by atoms with van der Waals surface area (Å²) in [4.78, 5) is 22.7. The first-order chi connectivity index (χ1) is 14.1. The maximum absolute atomic E-state index is 11.7. The molecule has 0 fully saturated rings. The van der Waals surface area contributed by atoms with Gasteiger partial charge < -0.3 is 14.3 Å². The number of hydrogen-bond acceptors (Lipinski definition) is 4. The van der Waals surface area contributed by atoms with E-state index in [0.717, 1.165) is 22.1 Å². The van der Waals surface area contributed by atoms with Crippen LogP contribution in [0.4, 0.5) is 0 Å². The molecular weight excluding hydrogens is 368 g/mol. The zero-order valence-corrected chi connectivity index (χ0v) is 15.7. The molecule has 0 bridgehead atoms. The van der Waals surface area contributed by atoms with Gasteiger partial charge in [-0.15, -0.1) is 0 Å². The van der Waals surface area contributed by atoms with E-state index in [2.05, 4.69) is 0 Å². The van der Waals surface area contributed by atoms with Crippen molar-refractivity contribution < 1.29 is 23.8 Å². The number of hydrogen-bond donors (Lipinski definition) is 1. The van der Waals surface area contributed by atoms with E-state index in [1.807, 2.05) is 60.7 Å². The van der Waals surface area contributed by atoms with Crippen molar-refractivity contribution >= 4 is 22.7 Å². The second-order valence-corrected chi connectivity index (χ2v) is 6.60. The van der Waals surface area contributed by atoms with E-state index in [1.165, 1.54) is 7.11 Å². The molecular formula is C24H18O5. The molecule has 4 aromatic rings. The Labute approximate surface area is 167 Å². The number of fused-ring (bicyclic) bond motifs is 1. The molecule has 0 aliphatic carbocycles. The van der Waals surface area contributed by atoms with Gasteiger partial charge in [-0.1, -0.05) is 60.7 Å². The lowest BCUT2D eigenvalue weighted by atomic mass is 9.97. The molecule has 3 aromatic carbocycles. The van der Waals surface area contributed by atoms with Crippen LogP contribution in [0.25, 0.3) is 33.4 Å². The molecule has 0 spiro atoms. The van der Waals surface area contributed by atoms with Gasteiger partial charge in [0.2, 0.25) is 5.78 Å². The van der Waals surface area contributed by atoms with Crippen molar-refractivity contribution in [2.75, 3.05) is 7.11 Å². The minimum absolute atomic E-state index is 0.267. The molecule has 5 heteroatoms. The fraction of sp³-hybridized carbons (Fsp3) is 0.0833. The summed E-state index contributed by atoms with van der Waals surface area (Å²) in [6, 6.07) is 23.1. The van der Waals surface area contributed by atoms with E-state index in [0.29, 0.717) is 22.7 Å². The Balaban J connectivity index is 1.97. The molecule has 0 unspecified atom stereocenters. The maximum Gasteiger partial charge on any atom is 0.372 e. The Kier molecular flexibility index (Phi) is 4.87. The molecule has 0 aliphatic heterocycles. The van der Waals surface area contributed by atoms with E-state index in [1.54, 1.807) is 12.1 Å². The Bertz CT molecular complexity index is 1190. The van der Waals surface area contributed by atoms with Crippen LogP contribution in [0.5, 0.6) is 5.75 Å². The average molecular weight is 386 g/mol. The van der Waals surface area contributed by atoms with Gasteiger partial charge >= 0.3 is 5.97 Å². The summed E-state index contributed by atoms with van der Waals surface area (Å²) < 4.78 is 11.7. The number of benzene rings is 3. The van der Waals surface area contributed by atoms with Gasteiger partial charge in [0, 0.05) is 28.5 Å². The summed E-state index contributed by atoms with van der Waals surface area (Å²) in [7, 11) is 1.50. The molecule has 0 aliphatic rings. The number of aliphatic carboxylic acids is 1. The molecule has 0 amide bonds. The van der Waals surface area contributed by atoms with Crippen LogP contribution in [0.2, 0.25) is 0 Å². The van der Waals surface area contributed by atoms with Crippen LogP contribution in [0.3, 0.4) is 0 Å². The Morgan fingerprint density at radius 2 is 1.55 bits per heavy atom. The van der Waals surface area contributed by atoms with E-state index in [-0.39, 0.29) is 6.42 Å². The van der Waals surface area contributed by atoms with Crippen molar-refractivity contribution in [1.29, 1.82) is 0 Å². The smallest absolute Gasteiger partial charge is 0.372 e. The summed E-state index contributed by atoms with van der Waals surface area (Å²) >= 11 is 0. The van der Waals surface area contributed by atoms with E-state index in [4.69, 9.17) is 14.3 Å². The number of Topliss-reactive ketones (excluding diaryl/α,β-unsaturated/α-hetero) is 1. The summed E-state index contributed by atoms with van der Waals surface area (Å²) in [5.41, 5.74) is 3.87. The van der Waals surface area contributed by atoms with Crippen molar-refractivity contribution in [3.63, 3.8) is 0 Å². The van der Waals surface area contributed by atoms with Gasteiger partial charge in [0.05, 0.1) is 7.11 Å². The zero-order valence-electron chi connectivity index (χ0n) is 15.7. The topological polar surface area (TPSA) is 76.7 Å². The molecule has 144 valence electrons. The van der Waals surface area contributed by atoms with Gasteiger partial charge in [0.1, 0.15) is 17.1 Å². The fourth-order valence-electron chi connectivity index (χ4n) is 3.43. The SMILES string of the molecule is COc1cc2c(-c3ccccc3)c(-c3ccccc3)oc2cc1CC(=O)C(=O)O. The molecule has 1 aromatic heterocycles. The predicted molar refractivity (Wildman–Crippen MR) is 110 cm³/mol. The van der Waals surface area contributed by atoms with Crippen LogP contribution in [-0.4, -0.2) is 24.0 Å². The number of furan rings is 1. The third-order valence-corrected chi connectivity index (χ3v) is 4.78. The summed E-state index contributed by atoms with van der Waals surface area (Å²) in [5, 5.41) is 9.78. The number of ether oxygens (including phenoxy) is 1. The standard InChI is InChI=1S/C24H18O5/c1-28-20-14-18-21(13-17(20)12-19(25)24(26)27)29-23(16-10-6-3-7-11-16)22(18)15-8-4-2-5-9-15/h2-11,13-14H,12H2,1H3,(H,26,27). The van der Waals surface area contributed by atoms with Crippen molar-refractivity contribution in [2.24, 2.45) is 0 Å². The van der Waals surface area contributed by atoms with Gasteiger partial charge in [0.15, 0.2) is 0 Å². The summed E-state index contributed by atoms with van der Waals surface area (Å²) in [6.07, 6.45) is -0.267. The molecule has 0 saturated heterocycles. The Hall–Kier alpha value is -3.86. The number of carboxylic acid groups (broad SMARTS) is 1. The van der Waals surface area contributed by atoms with Crippen LogP contribution in [-0.2, 0) is 16.0 Å². The Morgan fingerprint density at radius 1 is 0.931 bits per heavy atom. The van der Waals surface area contributed by atoms with Crippen LogP contribution >= 0.6 is 0 Å².